The fraction of sp³-hybridized carbons (Fsp3) is 0.867. The van der Waals surface area contributed by atoms with Crippen LogP contribution in [0.5, 0.6) is 0 Å². The summed E-state index contributed by atoms with van der Waals surface area (Å²) >= 11 is 3.28. The van der Waals surface area contributed by atoms with Crippen LogP contribution >= 0.6 is 15.9 Å². The third-order valence-corrected chi connectivity index (χ3v) is 9.35. The lowest BCUT2D eigenvalue weighted by Gasteiger charge is -2.48. The van der Waals surface area contributed by atoms with E-state index in [1.165, 1.54) is 0 Å². The third-order valence-electron chi connectivity index (χ3n) is 9.05. The van der Waals surface area contributed by atoms with E-state index in [-0.39, 0.29) is 36.3 Å². The van der Waals surface area contributed by atoms with Gasteiger partial charge in [0.1, 0.15) is 18.3 Å². The van der Waals surface area contributed by atoms with Gasteiger partial charge in [-0.3, -0.25) is 0 Å². The summed E-state index contributed by atoms with van der Waals surface area (Å²) in [6.45, 7) is 6.05. The van der Waals surface area contributed by atoms with Crippen molar-refractivity contribution in [3.63, 3.8) is 0 Å². The number of allylic oxidation sites excluding steroid dienone is 3. The molecule has 8 nitrogen and oxygen atoms in total. The Morgan fingerprint density at radius 3 is 2.46 bits per heavy atom. The zero-order valence-electron chi connectivity index (χ0n) is 24.3. The zero-order chi connectivity index (χ0) is 28.6. The van der Waals surface area contributed by atoms with Gasteiger partial charge in [-0.1, -0.05) is 54.4 Å². The molecule has 3 saturated heterocycles. The van der Waals surface area contributed by atoms with E-state index in [0.29, 0.717) is 25.2 Å². The molecule has 226 valence electrons. The number of hydrogen-bond acceptors (Lipinski definition) is 8. The van der Waals surface area contributed by atoms with E-state index >= 15 is 0 Å². The lowest BCUT2D eigenvalue weighted by Crippen LogP contribution is -2.61. The third kappa shape index (κ3) is 9.06. The first-order chi connectivity index (χ1) is 18.6. The van der Waals surface area contributed by atoms with Gasteiger partial charge >= 0.3 is 0 Å². The van der Waals surface area contributed by atoms with Gasteiger partial charge < -0.3 is 39.0 Å². The number of fused-ring (bicyclic) bond motifs is 2. The van der Waals surface area contributed by atoms with Crippen LogP contribution < -0.4 is 0 Å². The van der Waals surface area contributed by atoms with Gasteiger partial charge in [0.25, 0.3) is 0 Å². The van der Waals surface area contributed by atoms with E-state index < -0.39 is 30.4 Å². The number of hydrogen-bond donors (Lipinski definition) is 3. The molecule has 3 aliphatic heterocycles. The van der Waals surface area contributed by atoms with Gasteiger partial charge in [-0.05, 0) is 62.3 Å². The average molecular weight is 620 g/mol. The summed E-state index contributed by atoms with van der Waals surface area (Å²) in [5, 5.41) is 33.7. The van der Waals surface area contributed by atoms with Crippen molar-refractivity contribution < 1.29 is 39.0 Å². The second kappa shape index (κ2) is 15.8. The van der Waals surface area contributed by atoms with Crippen molar-refractivity contribution in [1.29, 1.82) is 0 Å². The van der Waals surface area contributed by atoms with Crippen LogP contribution in [0.4, 0.5) is 0 Å². The second-order valence-corrected chi connectivity index (χ2v) is 12.4. The maximum Gasteiger partial charge on any atom is 0.186 e. The maximum atomic E-state index is 11.7. The summed E-state index contributed by atoms with van der Waals surface area (Å²) in [5.74, 6) is -0.838. The molecule has 9 heteroatoms. The summed E-state index contributed by atoms with van der Waals surface area (Å²) in [7, 11) is 3.12. The van der Waals surface area contributed by atoms with Crippen molar-refractivity contribution in [2.75, 3.05) is 14.2 Å². The van der Waals surface area contributed by atoms with Gasteiger partial charge in [0.15, 0.2) is 12.1 Å². The Kier molecular flexibility index (Phi) is 13.4. The minimum atomic E-state index is -1.31. The molecule has 3 fully saturated rings. The molecule has 0 aromatic heterocycles. The molecule has 0 aliphatic carbocycles. The molecule has 0 spiro atoms. The molecule has 0 aromatic carbocycles. The van der Waals surface area contributed by atoms with E-state index in [0.717, 1.165) is 38.5 Å². The highest BCUT2D eigenvalue weighted by molar-refractivity contribution is 9.11. The maximum absolute atomic E-state index is 11.7. The van der Waals surface area contributed by atoms with E-state index in [1.807, 2.05) is 24.1 Å². The summed E-state index contributed by atoms with van der Waals surface area (Å²) in [4.78, 5) is 1.83. The molecule has 2 bridgehead atoms. The van der Waals surface area contributed by atoms with Crippen LogP contribution in [0.15, 0.2) is 23.2 Å². The minimum Gasteiger partial charge on any atom is -0.393 e. The number of aliphatic hydroxyl groups is 3. The molecule has 3 rings (SSSR count). The zero-order valence-corrected chi connectivity index (χ0v) is 25.9. The lowest BCUT2D eigenvalue weighted by atomic mass is 9.80. The summed E-state index contributed by atoms with van der Waals surface area (Å²) in [5.41, 5.74) is 0. The monoisotopic (exact) mass is 618 g/mol. The number of methoxy groups -OCH3 is 2. The molecule has 0 amide bonds. The van der Waals surface area contributed by atoms with E-state index in [2.05, 4.69) is 35.9 Å². The second-order valence-electron chi connectivity index (χ2n) is 11.9. The highest BCUT2D eigenvalue weighted by Crippen LogP contribution is 2.41. The SMILES string of the molecule is CO[C@@H]1[C@@H](OC)[C@@H](O)[C@H](O[C@H]2C[C@@]3(O)CCCC(CC/C=C/C=C/Br)C[C@@H](O)[C@H](C)CC[C@H](O3)[C@@H]2C)O[C@H]1C. The van der Waals surface area contributed by atoms with Crippen LogP contribution in [-0.4, -0.2) is 84.3 Å². The van der Waals surface area contributed by atoms with Gasteiger partial charge in [-0.15, -0.1) is 0 Å². The highest BCUT2D eigenvalue weighted by atomic mass is 79.9. The quantitative estimate of drug-likeness (QED) is 0.332. The van der Waals surface area contributed by atoms with Crippen LogP contribution in [-0.2, 0) is 23.7 Å². The van der Waals surface area contributed by atoms with E-state index in [4.69, 9.17) is 23.7 Å². The molecule has 0 aromatic rings. The Morgan fingerprint density at radius 2 is 1.77 bits per heavy atom. The van der Waals surface area contributed by atoms with Crippen molar-refractivity contribution in [2.24, 2.45) is 17.8 Å². The Morgan fingerprint density at radius 1 is 1.03 bits per heavy atom. The summed E-state index contributed by atoms with van der Waals surface area (Å²) < 4.78 is 29.9. The van der Waals surface area contributed by atoms with Crippen molar-refractivity contribution in [3.05, 3.63) is 23.2 Å². The molecule has 3 N–H and O–H groups in total. The molecule has 39 heavy (non-hydrogen) atoms. The first kappa shape index (κ1) is 33.1. The fourth-order valence-corrected chi connectivity index (χ4v) is 6.67. The van der Waals surface area contributed by atoms with Crippen molar-refractivity contribution >= 4 is 15.9 Å². The molecule has 1 unspecified atom stereocenters. The first-order valence-electron chi connectivity index (χ1n) is 14.7. The lowest BCUT2D eigenvalue weighted by molar-refractivity contribution is -0.347. The number of aliphatic hydroxyl groups excluding tert-OH is 2. The fourth-order valence-electron chi connectivity index (χ4n) is 6.49. The van der Waals surface area contributed by atoms with Gasteiger partial charge in [0.2, 0.25) is 0 Å². The van der Waals surface area contributed by atoms with Gasteiger partial charge in [0, 0.05) is 33.0 Å². The number of ether oxygens (including phenoxy) is 5. The average Bonchev–Trinajstić information content (AvgIpc) is 2.90. The Labute approximate surface area is 243 Å². The van der Waals surface area contributed by atoms with Crippen molar-refractivity contribution in [1.82, 2.24) is 0 Å². The van der Waals surface area contributed by atoms with Crippen LogP contribution in [0.1, 0.15) is 78.6 Å². The largest absolute Gasteiger partial charge is 0.393 e. The van der Waals surface area contributed by atoms with E-state index in [9.17, 15) is 15.3 Å². The minimum absolute atomic E-state index is 0.0297. The predicted molar refractivity (Wildman–Crippen MR) is 153 cm³/mol. The molecule has 0 saturated carbocycles. The van der Waals surface area contributed by atoms with Crippen LogP contribution in [0, 0.1) is 17.8 Å². The van der Waals surface area contributed by atoms with Crippen LogP contribution in [0.25, 0.3) is 0 Å². The Hall–Kier alpha value is -0.360. The normalized spacial score (nSPS) is 44.8. The summed E-state index contributed by atoms with van der Waals surface area (Å²) in [6, 6.07) is 0. The van der Waals surface area contributed by atoms with Crippen LogP contribution in [0.3, 0.4) is 0 Å². The highest BCUT2D eigenvalue weighted by Gasteiger charge is 2.50. The molecular formula is C30H51BrO8. The Balaban J connectivity index is 1.72. The number of rotatable bonds is 8. The van der Waals surface area contributed by atoms with Gasteiger partial charge in [0.05, 0.1) is 24.4 Å². The predicted octanol–water partition coefficient (Wildman–Crippen LogP) is 4.83. The topological polar surface area (TPSA) is 107 Å². The molecule has 3 heterocycles. The van der Waals surface area contributed by atoms with Crippen molar-refractivity contribution in [2.45, 2.75) is 133 Å². The first-order valence-corrected chi connectivity index (χ1v) is 15.6. The molecule has 12 atom stereocenters. The van der Waals surface area contributed by atoms with Crippen molar-refractivity contribution in [3.8, 4) is 0 Å². The molecular weight excluding hydrogens is 568 g/mol. The standard InChI is InChI=1S/C30H51BrO8/c1-19-13-14-24-20(2)25(38-29-26(33)28(36-5)27(35-4)21(3)37-29)18-30(34,39-24)15-10-12-22(17-23(19)32)11-8-6-7-9-16-31/h6-7,9,16,19-29,32-34H,8,10-15,17-18H2,1-5H3/b7-6+,16-9+/t19-,20+,21+,22?,23-,24+,25+,26-,27+,28+,29+,30-/m1/s1. The molecule has 3 aliphatic rings. The molecule has 0 radical (unpaired) electrons. The van der Waals surface area contributed by atoms with Gasteiger partial charge in [-0.2, -0.15) is 0 Å². The van der Waals surface area contributed by atoms with Gasteiger partial charge in [-0.25, -0.2) is 0 Å². The summed E-state index contributed by atoms with van der Waals surface area (Å²) in [6.07, 6.45) is 8.67. The smallest absolute Gasteiger partial charge is 0.186 e. The number of halogens is 1. The Bertz CT molecular complexity index is 780. The van der Waals surface area contributed by atoms with E-state index in [1.54, 1.807) is 14.2 Å². The van der Waals surface area contributed by atoms with Crippen LogP contribution in [0.2, 0.25) is 0 Å².